The molecule has 0 saturated heterocycles. The van der Waals surface area contributed by atoms with Crippen LogP contribution in [0.2, 0.25) is 0 Å². The fourth-order valence-electron chi connectivity index (χ4n) is 3.82. The number of fused-ring (bicyclic) bond motifs is 1. The molecule has 1 unspecified atom stereocenters. The number of benzene rings is 2. The molecule has 0 radical (unpaired) electrons. The van der Waals surface area contributed by atoms with Crippen molar-refractivity contribution in [2.45, 2.75) is 19.0 Å². The van der Waals surface area contributed by atoms with Gasteiger partial charge in [-0.3, -0.25) is 9.59 Å². The van der Waals surface area contributed by atoms with E-state index in [1.165, 1.54) is 20.9 Å². The van der Waals surface area contributed by atoms with Crippen LogP contribution in [0.15, 0.2) is 72.1 Å². The lowest BCUT2D eigenvalue weighted by Gasteiger charge is -2.32. The van der Waals surface area contributed by atoms with E-state index in [4.69, 9.17) is 0 Å². The van der Waals surface area contributed by atoms with Crippen molar-refractivity contribution in [3.63, 3.8) is 0 Å². The first kappa shape index (κ1) is 19.4. The van der Waals surface area contributed by atoms with Gasteiger partial charge in [-0.25, -0.2) is 0 Å². The van der Waals surface area contributed by atoms with Crippen LogP contribution in [0.4, 0.5) is 5.69 Å². The normalized spacial score (nSPS) is 16.5. The van der Waals surface area contributed by atoms with Gasteiger partial charge in [0.05, 0.1) is 18.0 Å². The lowest BCUT2D eigenvalue weighted by Crippen LogP contribution is -3.12. The van der Waals surface area contributed by atoms with Crippen molar-refractivity contribution in [3.05, 3.63) is 88.1 Å². The van der Waals surface area contributed by atoms with Gasteiger partial charge in [-0.15, -0.1) is 11.3 Å². The Morgan fingerprint density at radius 3 is 2.45 bits per heavy atom. The molecule has 5 nitrogen and oxygen atoms in total. The Kier molecular flexibility index (Phi) is 6.03. The number of nitrogens with one attached hydrogen (secondary N) is 3. The second-order valence-corrected chi connectivity index (χ2v) is 8.18. The van der Waals surface area contributed by atoms with Gasteiger partial charge in [-0.1, -0.05) is 48.5 Å². The Morgan fingerprint density at radius 1 is 0.931 bits per heavy atom. The van der Waals surface area contributed by atoms with Gasteiger partial charge in [-0.05, 0) is 29.1 Å². The molecule has 29 heavy (non-hydrogen) atoms. The maximum atomic E-state index is 12.4. The number of anilines is 1. The Hall–Kier alpha value is -2.96. The Labute approximate surface area is 174 Å². The standard InChI is InChI=1S/C23H23N3O2S/c27-22(23(28)25-19-9-2-1-3-10-19)24-15-20(21-11-6-14-29-21)26-13-12-17-7-4-5-8-18(17)16-26/h1-11,14,20H,12-13,15-16H2,(H,24,27)(H,25,28)/p+1/t20-/m0/s1. The van der Waals surface area contributed by atoms with E-state index < -0.39 is 11.8 Å². The molecule has 3 N–H and O–H groups in total. The smallest absolute Gasteiger partial charge is 0.313 e. The first-order chi connectivity index (χ1) is 14.2. The molecule has 4 rings (SSSR count). The zero-order valence-electron chi connectivity index (χ0n) is 16.1. The summed E-state index contributed by atoms with van der Waals surface area (Å²) in [5, 5.41) is 7.54. The van der Waals surface area contributed by atoms with E-state index in [9.17, 15) is 9.59 Å². The van der Waals surface area contributed by atoms with Crippen molar-refractivity contribution < 1.29 is 14.5 Å². The van der Waals surface area contributed by atoms with Gasteiger partial charge in [0.15, 0.2) is 0 Å². The van der Waals surface area contributed by atoms with Crippen LogP contribution in [0.3, 0.4) is 0 Å². The summed E-state index contributed by atoms with van der Waals surface area (Å²) in [6.07, 6.45) is 1.02. The third-order valence-corrected chi connectivity index (χ3v) is 6.32. The second-order valence-electron chi connectivity index (χ2n) is 7.20. The molecule has 0 fully saturated rings. The van der Waals surface area contributed by atoms with Gasteiger partial charge in [0.1, 0.15) is 12.6 Å². The first-order valence-corrected chi connectivity index (χ1v) is 10.7. The van der Waals surface area contributed by atoms with Crippen LogP contribution in [-0.2, 0) is 22.6 Å². The molecule has 2 amide bonds. The minimum Gasteiger partial charge on any atom is -0.341 e. The Morgan fingerprint density at radius 2 is 1.69 bits per heavy atom. The summed E-state index contributed by atoms with van der Waals surface area (Å²) in [6, 6.07) is 21.8. The van der Waals surface area contributed by atoms with E-state index >= 15 is 0 Å². The molecule has 1 aliphatic heterocycles. The number of hydrogen-bond acceptors (Lipinski definition) is 3. The summed E-state index contributed by atoms with van der Waals surface area (Å²) in [5.74, 6) is -1.24. The predicted molar refractivity (Wildman–Crippen MR) is 115 cm³/mol. The Bertz CT molecular complexity index is 973. The van der Waals surface area contributed by atoms with Gasteiger partial charge in [0.25, 0.3) is 0 Å². The number of quaternary nitrogens is 1. The van der Waals surface area contributed by atoms with Crippen LogP contribution >= 0.6 is 11.3 Å². The van der Waals surface area contributed by atoms with Gasteiger partial charge < -0.3 is 15.5 Å². The van der Waals surface area contributed by atoms with Gasteiger partial charge in [0.2, 0.25) is 0 Å². The fourth-order valence-corrected chi connectivity index (χ4v) is 4.71. The average Bonchev–Trinajstić information content (AvgIpc) is 3.29. The fraction of sp³-hybridized carbons (Fsp3) is 0.217. The van der Waals surface area contributed by atoms with Crippen molar-refractivity contribution in [2.75, 3.05) is 18.4 Å². The molecule has 6 heteroatoms. The summed E-state index contributed by atoms with van der Waals surface area (Å²) in [4.78, 5) is 27.2. The molecule has 0 bridgehead atoms. The molecule has 1 aliphatic rings. The van der Waals surface area contributed by atoms with E-state index in [1.807, 2.05) is 24.3 Å². The van der Waals surface area contributed by atoms with Crippen LogP contribution < -0.4 is 15.5 Å². The molecule has 148 valence electrons. The molecule has 3 aromatic rings. The van der Waals surface area contributed by atoms with Crippen LogP contribution in [-0.4, -0.2) is 24.9 Å². The molecule has 0 spiro atoms. The van der Waals surface area contributed by atoms with E-state index in [1.54, 1.807) is 23.5 Å². The van der Waals surface area contributed by atoms with Crippen LogP contribution in [0, 0.1) is 0 Å². The van der Waals surface area contributed by atoms with Crippen molar-refractivity contribution in [1.82, 2.24) is 5.32 Å². The van der Waals surface area contributed by atoms with Gasteiger partial charge in [-0.2, -0.15) is 0 Å². The first-order valence-electron chi connectivity index (χ1n) is 9.79. The summed E-state index contributed by atoms with van der Waals surface area (Å²) < 4.78 is 0. The highest BCUT2D eigenvalue weighted by Crippen LogP contribution is 2.19. The lowest BCUT2D eigenvalue weighted by molar-refractivity contribution is -0.945. The zero-order chi connectivity index (χ0) is 20.1. The van der Waals surface area contributed by atoms with Crippen LogP contribution in [0.25, 0.3) is 0 Å². The lowest BCUT2D eigenvalue weighted by atomic mass is 9.98. The van der Waals surface area contributed by atoms with Gasteiger partial charge in [0, 0.05) is 17.7 Å². The highest BCUT2D eigenvalue weighted by atomic mass is 32.1. The van der Waals surface area contributed by atoms with Crippen LogP contribution in [0.5, 0.6) is 0 Å². The number of para-hydroxylation sites is 1. The zero-order valence-corrected chi connectivity index (χ0v) is 16.9. The summed E-state index contributed by atoms with van der Waals surface area (Å²) in [7, 11) is 0. The summed E-state index contributed by atoms with van der Waals surface area (Å²) in [5.41, 5.74) is 3.39. The average molecular weight is 407 g/mol. The van der Waals surface area contributed by atoms with Crippen molar-refractivity contribution in [3.8, 4) is 0 Å². The molecule has 2 heterocycles. The van der Waals surface area contributed by atoms with E-state index in [2.05, 4.69) is 46.3 Å². The minimum atomic E-state index is -0.639. The molecule has 0 saturated carbocycles. The van der Waals surface area contributed by atoms with E-state index in [0.29, 0.717) is 12.2 Å². The number of carbonyl (C=O) groups is 2. The minimum absolute atomic E-state index is 0.122. The van der Waals surface area contributed by atoms with Crippen molar-refractivity contribution >= 4 is 28.8 Å². The van der Waals surface area contributed by atoms with Crippen molar-refractivity contribution in [2.24, 2.45) is 0 Å². The second kappa shape index (κ2) is 9.03. The molecule has 2 aromatic carbocycles. The number of carbonyl (C=O) groups excluding carboxylic acids is 2. The van der Waals surface area contributed by atoms with Crippen molar-refractivity contribution in [1.29, 1.82) is 0 Å². The maximum Gasteiger partial charge on any atom is 0.313 e. The molecule has 1 aromatic heterocycles. The molecule has 2 atom stereocenters. The monoisotopic (exact) mass is 406 g/mol. The third kappa shape index (κ3) is 4.72. The highest BCUT2D eigenvalue weighted by molar-refractivity contribution is 7.10. The molecular formula is C23H24N3O2S+. The number of thiophene rings is 1. The summed E-state index contributed by atoms with van der Waals surface area (Å²) in [6.45, 7) is 2.36. The number of rotatable bonds is 5. The topological polar surface area (TPSA) is 62.6 Å². The van der Waals surface area contributed by atoms with E-state index in [-0.39, 0.29) is 6.04 Å². The molecule has 0 aliphatic carbocycles. The largest absolute Gasteiger partial charge is 0.341 e. The van der Waals surface area contributed by atoms with Gasteiger partial charge >= 0.3 is 11.8 Å². The van der Waals surface area contributed by atoms with Crippen LogP contribution in [0.1, 0.15) is 22.0 Å². The van der Waals surface area contributed by atoms with E-state index in [0.717, 1.165) is 19.5 Å². The predicted octanol–water partition coefficient (Wildman–Crippen LogP) is 2.19. The number of hydrogen-bond donors (Lipinski definition) is 3. The summed E-state index contributed by atoms with van der Waals surface area (Å²) >= 11 is 1.70. The highest BCUT2D eigenvalue weighted by Gasteiger charge is 2.30. The SMILES string of the molecule is O=C(NC[C@@H](c1cccs1)[NH+]1CCc2ccccc2C1)C(=O)Nc1ccccc1. The maximum absolute atomic E-state index is 12.4. The third-order valence-electron chi connectivity index (χ3n) is 5.34. The Balaban J connectivity index is 1.42. The molecular weight excluding hydrogens is 382 g/mol. The number of amides is 2. The quantitative estimate of drug-likeness (QED) is 0.569.